The van der Waals surface area contributed by atoms with Crippen LogP contribution < -0.4 is 0 Å². The Balaban J connectivity index is 2.78. The minimum atomic E-state index is -0.915. The van der Waals surface area contributed by atoms with Crippen molar-refractivity contribution in [2.45, 2.75) is 58.6 Å². The van der Waals surface area contributed by atoms with Crippen molar-refractivity contribution in [3.05, 3.63) is 0 Å². The molecule has 0 spiro atoms. The van der Waals surface area contributed by atoms with E-state index >= 15 is 0 Å². The molecule has 3 atom stereocenters. The molecule has 4 heteroatoms. The van der Waals surface area contributed by atoms with Gasteiger partial charge in [0.15, 0.2) is 0 Å². The van der Waals surface area contributed by atoms with E-state index in [-0.39, 0.29) is 11.9 Å². The molecule has 3 unspecified atom stereocenters. The first-order valence-corrected chi connectivity index (χ1v) is 6.35. The van der Waals surface area contributed by atoms with Crippen molar-refractivity contribution in [3.8, 4) is 6.07 Å². The minimum absolute atomic E-state index is 0.0781. The molecule has 0 radical (unpaired) electrons. The molecule has 1 aliphatic rings. The van der Waals surface area contributed by atoms with E-state index in [1.54, 1.807) is 18.7 Å². The van der Waals surface area contributed by atoms with Gasteiger partial charge in [-0.2, -0.15) is 5.26 Å². The molecule has 1 saturated heterocycles. The van der Waals surface area contributed by atoms with Gasteiger partial charge >= 0.3 is 0 Å². The molecule has 1 fully saturated rings. The zero-order chi connectivity index (χ0) is 13.1. The molecule has 1 aliphatic heterocycles. The van der Waals surface area contributed by atoms with Gasteiger partial charge in [0.2, 0.25) is 5.91 Å². The fourth-order valence-electron chi connectivity index (χ4n) is 2.34. The number of nitriles is 1. The summed E-state index contributed by atoms with van der Waals surface area (Å²) in [5, 5.41) is 18.6. The number of aliphatic hydroxyl groups is 1. The largest absolute Gasteiger partial charge is 0.393 e. The van der Waals surface area contributed by atoms with E-state index in [0.717, 1.165) is 12.8 Å². The van der Waals surface area contributed by atoms with Crippen molar-refractivity contribution >= 4 is 5.91 Å². The van der Waals surface area contributed by atoms with Crippen LogP contribution in [0, 0.1) is 16.7 Å². The summed E-state index contributed by atoms with van der Waals surface area (Å²) < 4.78 is 0. The van der Waals surface area contributed by atoms with Crippen LogP contribution in [0.2, 0.25) is 0 Å². The normalized spacial score (nSPS) is 25.1. The Hall–Kier alpha value is -1.08. The Morgan fingerprint density at radius 2 is 2.35 bits per heavy atom. The zero-order valence-electron chi connectivity index (χ0n) is 10.9. The lowest BCUT2D eigenvalue weighted by Crippen LogP contribution is -2.45. The van der Waals surface area contributed by atoms with Gasteiger partial charge in [0, 0.05) is 12.6 Å². The lowest BCUT2D eigenvalue weighted by molar-refractivity contribution is -0.139. The lowest BCUT2D eigenvalue weighted by atomic mass is 9.87. The third-order valence-electron chi connectivity index (χ3n) is 3.68. The monoisotopic (exact) mass is 238 g/mol. The van der Waals surface area contributed by atoms with Crippen LogP contribution in [-0.2, 0) is 4.79 Å². The number of carbonyl (C=O) groups is 1. The minimum Gasteiger partial charge on any atom is -0.393 e. The van der Waals surface area contributed by atoms with Gasteiger partial charge in [0.1, 0.15) is 5.41 Å². The SMILES string of the molecule is CCC(C)(C#N)C(=O)N1CCCC1CC(C)O. The molecule has 96 valence electrons. The maximum atomic E-state index is 12.3. The molecule has 0 aromatic heterocycles. The van der Waals surface area contributed by atoms with Gasteiger partial charge < -0.3 is 10.0 Å². The van der Waals surface area contributed by atoms with Crippen molar-refractivity contribution in [2.24, 2.45) is 5.41 Å². The third-order valence-corrected chi connectivity index (χ3v) is 3.68. The molecule has 1 rings (SSSR count). The summed E-state index contributed by atoms with van der Waals surface area (Å²) in [6.45, 7) is 6.02. The van der Waals surface area contributed by atoms with E-state index in [4.69, 9.17) is 5.26 Å². The van der Waals surface area contributed by atoms with Gasteiger partial charge in [0.05, 0.1) is 12.2 Å². The highest BCUT2D eigenvalue weighted by atomic mass is 16.3. The van der Waals surface area contributed by atoms with Crippen LogP contribution in [-0.4, -0.2) is 34.6 Å². The molecular formula is C13H22N2O2. The summed E-state index contributed by atoms with van der Waals surface area (Å²) in [7, 11) is 0. The Morgan fingerprint density at radius 3 is 2.82 bits per heavy atom. The second-order valence-electron chi connectivity index (χ2n) is 5.18. The summed E-state index contributed by atoms with van der Waals surface area (Å²) in [5.74, 6) is -0.0781. The zero-order valence-corrected chi connectivity index (χ0v) is 10.9. The Morgan fingerprint density at radius 1 is 1.71 bits per heavy atom. The lowest BCUT2D eigenvalue weighted by Gasteiger charge is -2.31. The molecule has 0 aliphatic carbocycles. The number of rotatable bonds is 4. The van der Waals surface area contributed by atoms with Crippen molar-refractivity contribution in [1.29, 1.82) is 5.26 Å². The Labute approximate surface area is 103 Å². The number of nitrogens with zero attached hydrogens (tertiary/aromatic N) is 2. The molecule has 1 heterocycles. The van der Waals surface area contributed by atoms with Crippen LogP contribution in [0.15, 0.2) is 0 Å². The van der Waals surface area contributed by atoms with Gasteiger partial charge in [-0.15, -0.1) is 0 Å². The average Bonchev–Trinajstić information content (AvgIpc) is 2.74. The fourth-order valence-corrected chi connectivity index (χ4v) is 2.34. The first kappa shape index (κ1) is 14.0. The highest BCUT2D eigenvalue weighted by molar-refractivity contribution is 5.85. The summed E-state index contributed by atoms with van der Waals surface area (Å²) in [4.78, 5) is 14.1. The van der Waals surface area contributed by atoms with Crippen LogP contribution in [0.1, 0.15) is 46.5 Å². The van der Waals surface area contributed by atoms with Gasteiger partial charge in [0.25, 0.3) is 0 Å². The highest BCUT2D eigenvalue weighted by Crippen LogP contribution is 2.29. The smallest absolute Gasteiger partial charge is 0.242 e. The predicted molar refractivity (Wildman–Crippen MR) is 65.0 cm³/mol. The molecule has 4 nitrogen and oxygen atoms in total. The number of carbonyl (C=O) groups excluding carboxylic acids is 1. The third kappa shape index (κ3) is 2.98. The van der Waals surface area contributed by atoms with E-state index in [1.807, 2.05) is 6.92 Å². The Kier molecular flexibility index (Phi) is 4.53. The van der Waals surface area contributed by atoms with Crippen LogP contribution in [0.3, 0.4) is 0 Å². The van der Waals surface area contributed by atoms with E-state index in [2.05, 4.69) is 6.07 Å². The van der Waals surface area contributed by atoms with Crippen molar-refractivity contribution < 1.29 is 9.90 Å². The van der Waals surface area contributed by atoms with Crippen LogP contribution >= 0.6 is 0 Å². The molecule has 17 heavy (non-hydrogen) atoms. The predicted octanol–water partition coefficient (Wildman–Crippen LogP) is 1.69. The van der Waals surface area contributed by atoms with Gasteiger partial charge in [-0.3, -0.25) is 4.79 Å². The molecule has 0 aromatic carbocycles. The van der Waals surface area contributed by atoms with E-state index in [9.17, 15) is 9.90 Å². The summed E-state index contributed by atoms with van der Waals surface area (Å²) in [6.07, 6.45) is 2.64. The Bertz CT molecular complexity index is 322. The summed E-state index contributed by atoms with van der Waals surface area (Å²) >= 11 is 0. The van der Waals surface area contributed by atoms with Crippen molar-refractivity contribution in [1.82, 2.24) is 4.90 Å². The number of aliphatic hydroxyl groups excluding tert-OH is 1. The maximum absolute atomic E-state index is 12.3. The molecule has 1 N–H and O–H groups in total. The first-order valence-electron chi connectivity index (χ1n) is 6.35. The molecular weight excluding hydrogens is 216 g/mol. The standard InChI is InChI=1S/C13H22N2O2/c1-4-13(3,9-14)12(17)15-7-5-6-11(15)8-10(2)16/h10-11,16H,4-8H2,1-3H3. The molecule has 0 aromatic rings. The maximum Gasteiger partial charge on any atom is 0.242 e. The summed E-state index contributed by atoms with van der Waals surface area (Å²) in [5.41, 5.74) is -0.915. The quantitative estimate of drug-likeness (QED) is 0.810. The van der Waals surface area contributed by atoms with E-state index < -0.39 is 11.5 Å². The van der Waals surface area contributed by atoms with Gasteiger partial charge in [-0.25, -0.2) is 0 Å². The fraction of sp³-hybridized carbons (Fsp3) is 0.846. The number of amides is 1. The van der Waals surface area contributed by atoms with E-state index in [1.165, 1.54) is 0 Å². The van der Waals surface area contributed by atoms with Gasteiger partial charge in [-0.05, 0) is 39.5 Å². The number of likely N-dealkylation sites (tertiary alicyclic amines) is 1. The molecule has 1 amide bonds. The number of hydrogen-bond acceptors (Lipinski definition) is 3. The number of hydrogen-bond donors (Lipinski definition) is 1. The van der Waals surface area contributed by atoms with Gasteiger partial charge in [-0.1, -0.05) is 6.92 Å². The highest BCUT2D eigenvalue weighted by Gasteiger charge is 2.40. The second kappa shape index (κ2) is 5.50. The van der Waals surface area contributed by atoms with E-state index in [0.29, 0.717) is 19.4 Å². The van der Waals surface area contributed by atoms with Crippen LogP contribution in [0.4, 0.5) is 0 Å². The molecule has 0 bridgehead atoms. The van der Waals surface area contributed by atoms with Crippen molar-refractivity contribution in [2.75, 3.05) is 6.54 Å². The topological polar surface area (TPSA) is 64.3 Å². The second-order valence-corrected chi connectivity index (χ2v) is 5.18. The average molecular weight is 238 g/mol. The van der Waals surface area contributed by atoms with Crippen LogP contribution in [0.5, 0.6) is 0 Å². The summed E-state index contributed by atoms with van der Waals surface area (Å²) in [6, 6.07) is 2.22. The first-order chi connectivity index (χ1) is 7.94. The van der Waals surface area contributed by atoms with Crippen molar-refractivity contribution in [3.63, 3.8) is 0 Å². The molecule has 0 saturated carbocycles. The van der Waals surface area contributed by atoms with Crippen LogP contribution in [0.25, 0.3) is 0 Å².